The Bertz CT molecular complexity index is 1070. The fourth-order valence-electron chi connectivity index (χ4n) is 3.35. The zero-order valence-corrected chi connectivity index (χ0v) is 17.9. The first-order chi connectivity index (χ1) is 14.7. The Morgan fingerprint density at radius 3 is 1.77 bits per heavy atom. The number of hydrogen-bond donors (Lipinski definition) is 0. The van der Waals surface area contributed by atoms with Crippen LogP contribution in [0.4, 0.5) is 0 Å². The van der Waals surface area contributed by atoms with E-state index in [1.807, 2.05) is 72.8 Å². The van der Waals surface area contributed by atoms with E-state index in [2.05, 4.69) is 40.2 Å². The van der Waals surface area contributed by atoms with Crippen LogP contribution in [-0.2, 0) is 0 Å². The minimum Gasteiger partial charge on any atom is -0.485 e. The fourth-order valence-corrected chi connectivity index (χ4v) is 3.61. The van der Waals surface area contributed by atoms with Crippen molar-refractivity contribution >= 4 is 21.7 Å². The predicted molar refractivity (Wildman–Crippen MR) is 124 cm³/mol. The van der Waals surface area contributed by atoms with Gasteiger partial charge in [-0.25, -0.2) is 0 Å². The lowest BCUT2D eigenvalue weighted by molar-refractivity contribution is 0.0921. The van der Waals surface area contributed by atoms with Gasteiger partial charge in [-0.2, -0.15) is 0 Å². The molecule has 0 fully saturated rings. The number of carbonyl (C=O) groups excluding carboxylic acids is 1. The Kier molecular flexibility index (Phi) is 6.41. The quantitative estimate of drug-likeness (QED) is 0.228. The molecular weight excluding hydrogens is 436 g/mol. The molecule has 0 unspecified atom stereocenters. The molecule has 0 saturated carbocycles. The average Bonchev–Trinajstić information content (AvgIpc) is 2.80. The highest BCUT2D eigenvalue weighted by Crippen LogP contribution is 2.36. The molecule has 0 N–H and O–H groups in total. The Labute approximate surface area is 185 Å². The number of hydrogen-bond acceptors (Lipinski definition) is 2. The number of halogens is 1. The molecule has 0 atom stereocenters. The summed E-state index contributed by atoms with van der Waals surface area (Å²) in [6.45, 7) is -0.0183. The maximum atomic E-state index is 12.6. The van der Waals surface area contributed by atoms with Crippen LogP contribution in [0.5, 0.6) is 5.75 Å². The Morgan fingerprint density at radius 1 is 0.633 bits per heavy atom. The molecule has 30 heavy (non-hydrogen) atoms. The first-order valence-electron chi connectivity index (χ1n) is 9.71. The molecule has 0 aliphatic carbocycles. The highest BCUT2D eigenvalue weighted by atomic mass is 79.9. The average molecular weight is 456 g/mol. The van der Waals surface area contributed by atoms with E-state index in [0.29, 0.717) is 11.3 Å². The van der Waals surface area contributed by atoms with Crippen molar-refractivity contribution in [3.8, 4) is 5.75 Å². The Morgan fingerprint density at radius 2 is 1.17 bits per heavy atom. The molecule has 0 heterocycles. The standard InChI is InChI=1S/C27H20BrO2/c28-23-17-15-20(16-18-23)25(29)19-30-26-14-8-7-13-24(26)27(21-9-3-1-4-10-21)22-11-5-2-6-12-22/h1-18H,19H2. The third-order valence-corrected chi connectivity index (χ3v) is 5.33. The maximum absolute atomic E-state index is 12.6. The summed E-state index contributed by atoms with van der Waals surface area (Å²) in [5, 5.41) is 0. The van der Waals surface area contributed by atoms with Crippen molar-refractivity contribution in [1.29, 1.82) is 0 Å². The van der Waals surface area contributed by atoms with Gasteiger partial charge in [-0.3, -0.25) is 4.79 Å². The molecule has 2 nitrogen and oxygen atoms in total. The summed E-state index contributed by atoms with van der Waals surface area (Å²) in [5.74, 6) is 1.70. The minimum absolute atomic E-state index is 0.0183. The largest absolute Gasteiger partial charge is 0.485 e. The van der Waals surface area contributed by atoms with Gasteiger partial charge in [0, 0.05) is 15.6 Å². The zero-order valence-electron chi connectivity index (χ0n) is 16.3. The van der Waals surface area contributed by atoms with Gasteiger partial charge in [-0.1, -0.05) is 107 Å². The van der Waals surface area contributed by atoms with Crippen LogP contribution in [0.1, 0.15) is 27.0 Å². The number of ether oxygens (including phenoxy) is 1. The monoisotopic (exact) mass is 455 g/mol. The summed E-state index contributed by atoms with van der Waals surface area (Å²) < 4.78 is 6.97. The van der Waals surface area contributed by atoms with Crippen molar-refractivity contribution in [2.45, 2.75) is 0 Å². The number of benzene rings is 4. The van der Waals surface area contributed by atoms with Crippen LogP contribution >= 0.6 is 15.9 Å². The summed E-state index contributed by atoms with van der Waals surface area (Å²) in [6.07, 6.45) is 0. The predicted octanol–water partition coefficient (Wildman–Crippen LogP) is 6.73. The van der Waals surface area contributed by atoms with Crippen LogP contribution in [0, 0.1) is 5.92 Å². The van der Waals surface area contributed by atoms with E-state index >= 15 is 0 Å². The molecule has 0 amide bonds. The summed E-state index contributed by atoms with van der Waals surface area (Å²) in [5.41, 5.74) is 3.78. The third kappa shape index (κ3) is 4.69. The molecule has 147 valence electrons. The molecule has 4 aromatic rings. The highest BCUT2D eigenvalue weighted by Gasteiger charge is 2.21. The lowest BCUT2D eigenvalue weighted by Crippen LogP contribution is -2.14. The molecule has 1 radical (unpaired) electrons. The third-order valence-electron chi connectivity index (χ3n) is 4.81. The van der Waals surface area contributed by atoms with Gasteiger partial charge in [0.2, 0.25) is 0 Å². The van der Waals surface area contributed by atoms with Crippen molar-refractivity contribution in [1.82, 2.24) is 0 Å². The lowest BCUT2D eigenvalue weighted by atomic mass is 9.85. The van der Waals surface area contributed by atoms with E-state index in [1.165, 1.54) is 0 Å². The summed E-state index contributed by atoms with van der Waals surface area (Å²) in [6, 6.07) is 35.7. The zero-order chi connectivity index (χ0) is 20.8. The lowest BCUT2D eigenvalue weighted by Gasteiger charge is -2.21. The van der Waals surface area contributed by atoms with E-state index in [1.54, 1.807) is 12.1 Å². The Balaban J connectivity index is 1.65. The van der Waals surface area contributed by atoms with Crippen LogP contribution in [0.25, 0.3) is 0 Å². The molecule has 0 aliphatic rings. The van der Waals surface area contributed by atoms with Gasteiger partial charge >= 0.3 is 0 Å². The molecule has 3 heteroatoms. The van der Waals surface area contributed by atoms with Crippen molar-refractivity contribution in [3.05, 3.63) is 142 Å². The van der Waals surface area contributed by atoms with Gasteiger partial charge in [-0.15, -0.1) is 0 Å². The van der Waals surface area contributed by atoms with Gasteiger partial charge in [0.05, 0.1) is 5.92 Å². The minimum atomic E-state index is -0.0572. The van der Waals surface area contributed by atoms with E-state index in [-0.39, 0.29) is 12.4 Å². The van der Waals surface area contributed by atoms with Crippen LogP contribution in [-0.4, -0.2) is 12.4 Å². The SMILES string of the molecule is O=C(COc1ccccc1[C](c1ccccc1)c1ccccc1)c1ccc(Br)cc1. The first kappa shape index (κ1) is 20.1. The molecule has 0 saturated heterocycles. The van der Waals surface area contributed by atoms with E-state index in [0.717, 1.165) is 27.1 Å². The van der Waals surface area contributed by atoms with Gasteiger partial charge in [0.15, 0.2) is 12.4 Å². The molecule has 4 aromatic carbocycles. The number of ketones is 1. The van der Waals surface area contributed by atoms with Crippen LogP contribution in [0.3, 0.4) is 0 Å². The maximum Gasteiger partial charge on any atom is 0.200 e. The van der Waals surface area contributed by atoms with Crippen LogP contribution in [0.15, 0.2) is 114 Å². The Hall–Kier alpha value is -3.17. The van der Waals surface area contributed by atoms with Crippen LogP contribution < -0.4 is 4.74 Å². The van der Waals surface area contributed by atoms with E-state index in [4.69, 9.17) is 4.74 Å². The molecule has 0 aromatic heterocycles. The molecule has 0 bridgehead atoms. The fraction of sp³-hybridized carbons (Fsp3) is 0.0370. The second-order valence-corrected chi connectivity index (χ2v) is 7.74. The van der Waals surface area contributed by atoms with Gasteiger partial charge in [-0.05, 0) is 29.3 Å². The first-order valence-corrected chi connectivity index (χ1v) is 10.5. The summed E-state index contributed by atoms with van der Waals surface area (Å²) >= 11 is 3.39. The summed E-state index contributed by atoms with van der Waals surface area (Å²) in [7, 11) is 0. The normalized spacial score (nSPS) is 10.7. The number of rotatable bonds is 7. The molecular formula is C27H20BrO2. The second kappa shape index (κ2) is 9.55. The smallest absolute Gasteiger partial charge is 0.200 e. The van der Waals surface area contributed by atoms with Crippen LogP contribution in [0.2, 0.25) is 0 Å². The number of carbonyl (C=O) groups is 1. The summed E-state index contributed by atoms with van der Waals surface area (Å²) in [4.78, 5) is 12.6. The van der Waals surface area contributed by atoms with Gasteiger partial charge in [0.25, 0.3) is 0 Å². The number of Topliss-reactive ketones (excluding diaryl/α,β-unsaturated/α-hetero) is 1. The van der Waals surface area contributed by atoms with Crippen molar-refractivity contribution < 1.29 is 9.53 Å². The van der Waals surface area contributed by atoms with Crippen molar-refractivity contribution in [2.75, 3.05) is 6.61 Å². The highest BCUT2D eigenvalue weighted by molar-refractivity contribution is 9.10. The van der Waals surface area contributed by atoms with Crippen molar-refractivity contribution in [3.63, 3.8) is 0 Å². The van der Waals surface area contributed by atoms with E-state index < -0.39 is 0 Å². The molecule has 0 aliphatic heterocycles. The van der Waals surface area contributed by atoms with Gasteiger partial charge < -0.3 is 4.74 Å². The molecule has 0 spiro atoms. The van der Waals surface area contributed by atoms with Gasteiger partial charge in [0.1, 0.15) is 5.75 Å². The number of para-hydroxylation sites is 1. The second-order valence-electron chi connectivity index (χ2n) is 6.82. The topological polar surface area (TPSA) is 26.3 Å². The van der Waals surface area contributed by atoms with Crippen molar-refractivity contribution in [2.24, 2.45) is 0 Å². The molecule has 4 rings (SSSR count). The van der Waals surface area contributed by atoms with E-state index in [9.17, 15) is 4.79 Å².